The van der Waals surface area contributed by atoms with E-state index in [9.17, 15) is 27.2 Å². The molecule has 0 bridgehead atoms. The minimum atomic E-state index is -4.50. The van der Waals surface area contributed by atoms with E-state index in [1.54, 1.807) is 6.07 Å². The molecule has 0 radical (unpaired) electrons. The van der Waals surface area contributed by atoms with Crippen LogP contribution in [-0.2, 0) is 11.0 Å². The van der Waals surface area contributed by atoms with Crippen LogP contribution in [-0.4, -0.2) is 23.3 Å². The number of nitrogens with zero attached hydrogens (tertiary/aromatic N) is 1. The van der Waals surface area contributed by atoms with Gasteiger partial charge in [-0.05, 0) is 48.0 Å². The quantitative estimate of drug-likeness (QED) is 0.577. The van der Waals surface area contributed by atoms with Crippen molar-refractivity contribution < 1.29 is 31.9 Å². The van der Waals surface area contributed by atoms with E-state index in [1.807, 2.05) is 0 Å². The predicted octanol–water partition coefficient (Wildman–Crippen LogP) is 3.91. The van der Waals surface area contributed by atoms with Crippen LogP contribution >= 0.6 is 0 Å². The second-order valence-electron chi connectivity index (χ2n) is 6.36. The SMILES string of the molecule is NC(=O)CNC(=O)c1cnc(Oc2ccc(C(F)(F)F)cc2)c(-c2cccc(F)c2)c1. The first-order chi connectivity index (χ1) is 14.6. The molecule has 0 spiro atoms. The highest BCUT2D eigenvalue weighted by molar-refractivity contribution is 5.97. The molecule has 0 saturated heterocycles. The number of hydrogen-bond donors (Lipinski definition) is 2. The fraction of sp³-hybridized carbons (Fsp3) is 0.0952. The molecule has 1 heterocycles. The monoisotopic (exact) mass is 433 g/mol. The number of aromatic nitrogens is 1. The van der Waals surface area contributed by atoms with Crippen LogP contribution in [0.1, 0.15) is 15.9 Å². The fourth-order valence-electron chi connectivity index (χ4n) is 2.61. The van der Waals surface area contributed by atoms with Gasteiger partial charge in [-0.15, -0.1) is 0 Å². The second kappa shape index (κ2) is 8.82. The summed E-state index contributed by atoms with van der Waals surface area (Å²) < 4.78 is 57.6. The first-order valence-corrected chi connectivity index (χ1v) is 8.81. The number of halogens is 4. The maximum Gasteiger partial charge on any atom is 0.416 e. The third kappa shape index (κ3) is 5.56. The molecule has 3 rings (SSSR count). The second-order valence-corrected chi connectivity index (χ2v) is 6.36. The van der Waals surface area contributed by atoms with Crippen molar-refractivity contribution >= 4 is 11.8 Å². The molecule has 2 amide bonds. The van der Waals surface area contributed by atoms with Crippen molar-refractivity contribution in [1.82, 2.24) is 10.3 Å². The van der Waals surface area contributed by atoms with Gasteiger partial charge in [0.05, 0.1) is 17.7 Å². The van der Waals surface area contributed by atoms with Crippen LogP contribution in [0.3, 0.4) is 0 Å². The van der Waals surface area contributed by atoms with Crippen LogP contribution in [0, 0.1) is 5.82 Å². The molecular formula is C21H15F4N3O3. The van der Waals surface area contributed by atoms with Crippen molar-refractivity contribution in [2.45, 2.75) is 6.18 Å². The molecule has 31 heavy (non-hydrogen) atoms. The molecule has 0 aliphatic carbocycles. The number of rotatable bonds is 6. The van der Waals surface area contributed by atoms with Crippen molar-refractivity contribution in [3.8, 4) is 22.8 Å². The standard InChI is InChI=1S/C21H15F4N3O3/c22-15-3-1-2-12(8-15)17-9-13(19(30)27-11-18(26)29)10-28-20(17)31-16-6-4-14(5-7-16)21(23,24)25/h1-10H,11H2,(H2,26,29)(H,27,30). The van der Waals surface area contributed by atoms with Gasteiger partial charge in [-0.25, -0.2) is 9.37 Å². The van der Waals surface area contributed by atoms with Gasteiger partial charge in [0.2, 0.25) is 11.8 Å². The summed E-state index contributed by atoms with van der Waals surface area (Å²) >= 11 is 0. The van der Waals surface area contributed by atoms with E-state index < -0.39 is 35.9 Å². The van der Waals surface area contributed by atoms with E-state index in [4.69, 9.17) is 10.5 Å². The number of pyridine rings is 1. The van der Waals surface area contributed by atoms with Crippen LogP contribution < -0.4 is 15.8 Å². The summed E-state index contributed by atoms with van der Waals surface area (Å²) in [4.78, 5) is 27.1. The highest BCUT2D eigenvalue weighted by Crippen LogP contribution is 2.34. The van der Waals surface area contributed by atoms with Gasteiger partial charge in [0.25, 0.3) is 5.91 Å². The van der Waals surface area contributed by atoms with Gasteiger partial charge in [-0.2, -0.15) is 13.2 Å². The van der Waals surface area contributed by atoms with Crippen LogP contribution in [0.25, 0.3) is 11.1 Å². The first kappa shape index (κ1) is 21.8. The Morgan fingerprint density at radius 1 is 1.06 bits per heavy atom. The Morgan fingerprint density at radius 3 is 2.39 bits per heavy atom. The molecule has 3 N–H and O–H groups in total. The number of benzene rings is 2. The van der Waals surface area contributed by atoms with Crippen LogP contribution in [0.4, 0.5) is 17.6 Å². The van der Waals surface area contributed by atoms with E-state index in [1.165, 1.54) is 24.3 Å². The van der Waals surface area contributed by atoms with Gasteiger partial charge >= 0.3 is 6.18 Å². The third-order valence-corrected chi connectivity index (χ3v) is 4.07. The molecule has 0 aliphatic rings. The number of amides is 2. The Bertz CT molecular complexity index is 1120. The van der Waals surface area contributed by atoms with Gasteiger partial charge in [0, 0.05) is 11.8 Å². The van der Waals surface area contributed by atoms with Crippen LogP contribution in [0.15, 0.2) is 60.8 Å². The number of carbonyl (C=O) groups excluding carboxylic acids is 2. The smallest absolute Gasteiger partial charge is 0.416 e. The molecule has 0 fully saturated rings. The van der Waals surface area contributed by atoms with Crippen molar-refractivity contribution in [2.75, 3.05) is 6.54 Å². The molecule has 160 valence electrons. The molecule has 1 aromatic heterocycles. The van der Waals surface area contributed by atoms with Gasteiger partial charge in [0.1, 0.15) is 11.6 Å². The Balaban J connectivity index is 1.97. The minimum absolute atomic E-state index is 0.0419. The zero-order valence-corrected chi connectivity index (χ0v) is 15.7. The highest BCUT2D eigenvalue weighted by Gasteiger charge is 2.30. The van der Waals surface area contributed by atoms with Crippen molar-refractivity contribution in [1.29, 1.82) is 0 Å². The molecule has 0 aliphatic heterocycles. The van der Waals surface area contributed by atoms with Gasteiger partial charge in [0.15, 0.2) is 0 Å². The molecule has 6 nitrogen and oxygen atoms in total. The average molecular weight is 433 g/mol. The van der Waals surface area contributed by atoms with E-state index in [2.05, 4.69) is 10.3 Å². The number of nitrogens with two attached hydrogens (primary N) is 1. The number of nitrogens with one attached hydrogen (secondary N) is 1. The number of ether oxygens (including phenoxy) is 1. The van der Waals surface area contributed by atoms with Crippen molar-refractivity contribution in [3.63, 3.8) is 0 Å². The zero-order valence-electron chi connectivity index (χ0n) is 15.7. The summed E-state index contributed by atoms with van der Waals surface area (Å²) in [6.45, 7) is -0.391. The van der Waals surface area contributed by atoms with Crippen molar-refractivity contribution in [3.05, 3.63) is 77.7 Å². The summed E-state index contributed by atoms with van der Waals surface area (Å²) in [5.41, 5.74) is 4.73. The van der Waals surface area contributed by atoms with Crippen LogP contribution in [0.5, 0.6) is 11.6 Å². The van der Waals surface area contributed by atoms with Gasteiger partial charge in [-0.1, -0.05) is 12.1 Å². The predicted molar refractivity (Wildman–Crippen MR) is 103 cm³/mol. The number of carbonyl (C=O) groups is 2. The maximum atomic E-state index is 13.7. The molecular weight excluding hydrogens is 418 g/mol. The lowest BCUT2D eigenvalue weighted by molar-refractivity contribution is -0.137. The number of hydrogen-bond acceptors (Lipinski definition) is 4. The lowest BCUT2D eigenvalue weighted by Gasteiger charge is -2.13. The number of alkyl halides is 3. The van der Waals surface area contributed by atoms with Gasteiger partial charge in [-0.3, -0.25) is 9.59 Å². The first-order valence-electron chi connectivity index (χ1n) is 8.81. The largest absolute Gasteiger partial charge is 0.438 e. The Morgan fingerprint density at radius 2 is 1.77 bits per heavy atom. The Hall–Kier alpha value is -3.95. The molecule has 0 atom stereocenters. The van der Waals surface area contributed by atoms with E-state index in [-0.39, 0.29) is 22.8 Å². The topological polar surface area (TPSA) is 94.3 Å². The summed E-state index contributed by atoms with van der Waals surface area (Å²) in [5, 5.41) is 2.30. The summed E-state index contributed by atoms with van der Waals surface area (Å²) in [6, 6.07) is 10.7. The Labute approximate surface area is 173 Å². The summed E-state index contributed by atoms with van der Waals surface area (Å²) in [7, 11) is 0. The van der Waals surface area contributed by atoms with E-state index in [0.717, 1.165) is 30.5 Å². The normalized spacial score (nSPS) is 11.1. The van der Waals surface area contributed by atoms with Crippen molar-refractivity contribution in [2.24, 2.45) is 5.73 Å². The summed E-state index contributed by atoms with van der Waals surface area (Å²) in [5.74, 6) is -1.94. The van der Waals surface area contributed by atoms with Gasteiger partial charge < -0.3 is 15.8 Å². The molecule has 0 unspecified atom stereocenters. The lowest BCUT2D eigenvalue weighted by atomic mass is 10.0. The maximum absolute atomic E-state index is 13.7. The third-order valence-electron chi connectivity index (χ3n) is 4.07. The lowest BCUT2D eigenvalue weighted by Crippen LogP contribution is -2.33. The van der Waals surface area contributed by atoms with E-state index in [0.29, 0.717) is 5.56 Å². The molecule has 3 aromatic rings. The zero-order chi connectivity index (χ0) is 22.6. The molecule has 0 saturated carbocycles. The summed E-state index contributed by atoms with van der Waals surface area (Å²) in [6.07, 6.45) is -3.35. The number of primary amides is 1. The highest BCUT2D eigenvalue weighted by atomic mass is 19.4. The molecule has 10 heteroatoms. The minimum Gasteiger partial charge on any atom is -0.438 e. The Kier molecular flexibility index (Phi) is 6.19. The average Bonchev–Trinajstić information content (AvgIpc) is 2.72. The fourth-order valence-corrected chi connectivity index (χ4v) is 2.61. The van der Waals surface area contributed by atoms with Crippen LogP contribution in [0.2, 0.25) is 0 Å². The van der Waals surface area contributed by atoms with E-state index >= 15 is 0 Å². The molecule has 2 aromatic carbocycles.